The summed E-state index contributed by atoms with van der Waals surface area (Å²) in [6.45, 7) is 3.62. The van der Waals surface area contributed by atoms with Crippen molar-refractivity contribution in [3.8, 4) is 16.8 Å². The van der Waals surface area contributed by atoms with Crippen molar-refractivity contribution in [3.05, 3.63) is 83.2 Å². The lowest BCUT2D eigenvalue weighted by atomic mass is 9.92. The van der Waals surface area contributed by atoms with E-state index in [1.807, 2.05) is 26.1 Å². The first-order valence-electron chi connectivity index (χ1n) is 15.7. The van der Waals surface area contributed by atoms with E-state index in [4.69, 9.17) is 21.7 Å². The molecule has 12 nitrogen and oxygen atoms in total. The highest BCUT2D eigenvalue weighted by atomic mass is 35.5. The summed E-state index contributed by atoms with van der Waals surface area (Å²) >= 11 is 6.40. The number of amides is 2. The molecule has 0 spiro atoms. The quantitative estimate of drug-likeness (QED) is 0.0723. The fourth-order valence-electron chi connectivity index (χ4n) is 4.83. The topological polar surface area (TPSA) is 143 Å². The first-order chi connectivity index (χ1) is 24.5. The number of nitrogens with zero attached hydrogens (tertiary/aromatic N) is 6. The molecule has 0 aliphatic carbocycles. The molecule has 3 N–H and O–H groups in total. The van der Waals surface area contributed by atoms with Gasteiger partial charge in [0.05, 0.1) is 29.0 Å². The van der Waals surface area contributed by atoms with Gasteiger partial charge in [-0.3, -0.25) is 15.1 Å². The maximum Gasteiger partial charge on any atom is 0.407 e. The van der Waals surface area contributed by atoms with Crippen molar-refractivity contribution >= 4 is 29.6 Å². The fraction of sp³-hybridized carbons (Fsp3) is 0.394. The van der Waals surface area contributed by atoms with E-state index in [0.29, 0.717) is 22.2 Å². The van der Waals surface area contributed by atoms with Crippen LogP contribution in [0.1, 0.15) is 74.9 Å². The highest BCUT2D eigenvalue weighted by Crippen LogP contribution is 2.32. The average Bonchev–Trinajstić information content (AvgIpc) is 3.77. The summed E-state index contributed by atoms with van der Waals surface area (Å²) < 4.78 is 86.7. The molecular weight excluding hydrogens is 720 g/mol. The normalized spacial score (nSPS) is 13.0. The zero-order chi connectivity index (χ0) is 38.3. The number of rotatable bonds is 13. The first kappa shape index (κ1) is 39.7. The molecule has 19 heteroatoms. The van der Waals surface area contributed by atoms with E-state index in [9.17, 15) is 35.9 Å². The van der Waals surface area contributed by atoms with Gasteiger partial charge in [-0.25, -0.2) is 36.7 Å². The van der Waals surface area contributed by atoms with Crippen LogP contribution in [0.3, 0.4) is 0 Å². The third-order valence-electron chi connectivity index (χ3n) is 7.65. The minimum absolute atomic E-state index is 0.0126. The minimum atomic E-state index is -3.05. The van der Waals surface area contributed by atoms with Gasteiger partial charge in [0, 0.05) is 23.9 Å². The van der Waals surface area contributed by atoms with Crippen LogP contribution in [0.15, 0.2) is 61.2 Å². The van der Waals surface area contributed by atoms with Crippen LogP contribution in [0.2, 0.25) is 5.02 Å². The lowest BCUT2D eigenvalue weighted by Crippen LogP contribution is -2.49. The van der Waals surface area contributed by atoms with Gasteiger partial charge in [0.1, 0.15) is 12.9 Å². The van der Waals surface area contributed by atoms with Crippen LogP contribution in [0.4, 0.5) is 31.1 Å². The number of carbonyl (C=O) groups excluding carboxylic acids is 2. The highest BCUT2D eigenvalue weighted by molar-refractivity contribution is 6.32. The Bertz CT molecular complexity index is 1850. The predicted molar refractivity (Wildman–Crippen MR) is 179 cm³/mol. The zero-order valence-electron chi connectivity index (χ0n) is 28.3. The summed E-state index contributed by atoms with van der Waals surface area (Å²) in [5, 5.41) is 21.3. The summed E-state index contributed by atoms with van der Waals surface area (Å²) in [6, 6.07) is 6.80. The van der Waals surface area contributed by atoms with Gasteiger partial charge in [0.25, 0.3) is 18.8 Å². The molecule has 0 saturated carbocycles. The molecule has 2 aromatic heterocycles. The molecule has 0 radical (unpaired) electrons. The number of halogens is 7. The van der Waals surface area contributed by atoms with Gasteiger partial charge in [-0.2, -0.15) is 19.0 Å². The van der Waals surface area contributed by atoms with E-state index in [0.717, 1.165) is 29.0 Å². The lowest BCUT2D eigenvalue weighted by Gasteiger charge is -2.33. The van der Waals surface area contributed by atoms with Crippen molar-refractivity contribution in [2.45, 2.75) is 65.6 Å². The third-order valence-corrected chi connectivity index (χ3v) is 7.97. The number of nitrogens with one attached hydrogen (secondary N) is 3. The van der Waals surface area contributed by atoms with Gasteiger partial charge in [-0.15, -0.1) is 0 Å². The second-order valence-corrected chi connectivity index (χ2v) is 13.2. The molecule has 0 aliphatic rings. The van der Waals surface area contributed by atoms with Crippen LogP contribution in [0.25, 0.3) is 16.8 Å². The Kier molecular flexibility index (Phi) is 12.9. The SMILES string of the molecule is CC(NC(=O)OC[C@H](c1ccc(Cl)c(-n2ncnc2C(F)F)c1)N(C(=N)NCCC(C)(C)C)C(=O)c1ccc(-c2cnn(C(F)F)c2)cc1)C(F)F. The highest BCUT2D eigenvalue weighted by Gasteiger charge is 2.33. The van der Waals surface area contributed by atoms with Crippen molar-refractivity contribution in [1.29, 1.82) is 5.41 Å². The van der Waals surface area contributed by atoms with Gasteiger partial charge in [0.2, 0.25) is 0 Å². The number of hydrogen-bond acceptors (Lipinski definition) is 7. The van der Waals surface area contributed by atoms with E-state index in [2.05, 4.69) is 20.5 Å². The number of carbonyl (C=O) groups is 2. The number of alkyl halides is 6. The van der Waals surface area contributed by atoms with Crippen molar-refractivity contribution < 1.29 is 40.7 Å². The number of guanidine groups is 1. The van der Waals surface area contributed by atoms with Crippen LogP contribution in [-0.4, -0.2) is 73.0 Å². The number of ether oxygens (including phenoxy) is 1. The maximum atomic E-state index is 14.4. The third kappa shape index (κ3) is 10.0. The van der Waals surface area contributed by atoms with Crippen LogP contribution in [-0.2, 0) is 4.74 Å². The summed E-state index contributed by atoms with van der Waals surface area (Å²) in [5.74, 6) is -1.99. The van der Waals surface area contributed by atoms with Crippen LogP contribution >= 0.6 is 11.6 Å². The monoisotopic (exact) mass is 755 g/mol. The van der Waals surface area contributed by atoms with Crippen molar-refractivity contribution in [2.24, 2.45) is 5.41 Å². The molecule has 0 aliphatic heterocycles. The van der Waals surface area contributed by atoms with E-state index in [1.165, 1.54) is 48.7 Å². The Balaban J connectivity index is 1.80. The second kappa shape index (κ2) is 16.9. The van der Waals surface area contributed by atoms with Gasteiger partial charge in [-0.1, -0.05) is 50.6 Å². The largest absolute Gasteiger partial charge is 0.447 e. The van der Waals surface area contributed by atoms with Gasteiger partial charge in [0.15, 0.2) is 11.8 Å². The van der Waals surface area contributed by atoms with E-state index >= 15 is 0 Å². The summed E-state index contributed by atoms with van der Waals surface area (Å²) in [4.78, 5) is 31.5. The first-order valence-corrected chi connectivity index (χ1v) is 16.1. The number of aromatic nitrogens is 5. The molecule has 4 rings (SSSR count). The molecular formula is C33H36ClF6N9O3. The van der Waals surface area contributed by atoms with Gasteiger partial charge < -0.3 is 15.4 Å². The maximum absolute atomic E-state index is 14.4. The van der Waals surface area contributed by atoms with Crippen LogP contribution in [0.5, 0.6) is 0 Å². The van der Waals surface area contributed by atoms with Crippen molar-refractivity contribution in [3.63, 3.8) is 0 Å². The van der Waals surface area contributed by atoms with Gasteiger partial charge in [-0.05, 0) is 54.2 Å². The summed E-state index contributed by atoms with van der Waals surface area (Å²) in [7, 11) is 0. The van der Waals surface area contributed by atoms with E-state index < -0.39 is 61.9 Å². The Labute approximate surface area is 299 Å². The summed E-state index contributed by atoms with van der Waals surface area (Å²) in [5.41, 5.74) is 0.663. The average molecular weight is 756 g/mol. The molecule has 4 aromatic rings. The second-order valence-electron chi connectivity index (χ2n) is 12.7. The van der Waals surface area contributed by atoms with Crippen LogP contribution < -0.4 is 10.6 Å². The molecule has 280 valence electrons. The fourth-order valence-corrected chi connectivity index (χ4v) is 5.02. The van der Waals surface area contributed by atoms with E-state index in [1.54, 1.807) is 0 Å². The van der Waals surface area contributed by atoms with E-state index in [-0.39, 0.29) is 33.8 Å². The summed E-state index contributed by atoms with van der Waals surface area (Å²) in [6.07, 6.45) is -3.41. The molecule has 2 aromatic carbocycles. The Morgan fingerprint density at radius 1 is 1.02 bits per heavy atom. The zero-order valence-corrected chi connectivity index (χ0v) is 29.1. The Morgan fingerprint density at radius 3 is 2.31 bits per heavy atom. The lowest BCUT2D eigenvalue weighted by molar-refractivity contribution is 0.0566. The molecule has 0 fully saturated rings. The Hall–Kier alpha value is -5.13. The molecule has 0 bridgehead atoms. The molecule has 2 amide bonds. The smallest absolute Gasteiger partial charge is 0.407 e. The Morgan fingerprint density at radius 2 is 1.71 bits per heavy atom. The van der Waals surface area contributed by atoms with Crippen molar-refractivity contribution in [1.82, 2.24) is 40.1 Å². The number of hydrogen-bond donors (Lipinski definition) is 3. The molecule has 1 unspecified atom stereocenters. The standard InChI is InChI=1S/C33H36ClF6N9O3/c1-18(26(35)36)46-32(51)52-16-25(21-9-10-23(34)24(13-21)49-28(27(37)38)43-17-45-49)48(31(41)42-12-11-33(2,3)4)29(50)20-7-5-19(6-8-20)22-14-44-47(15-22)30(39)40/h5-10,13-15,17-18,25-27,30H,11-12,16H2,1-4H3,(H2,41,42)(H,46,51)/t18?,25-/m1/s1. The number of benzene rings is 2. The predicted octanol–water partition coefficient (Wildman–Crippen LogP) is 7.64. The van der Waals surface area contributed by atoms with Gasteiger partial charge >= 0.3 is 12.6 Å². The van der Waals surface area contributed by atoms with Crippen molar-refractivity contribution in [2.75, 3.05) is 13.2 Å². The molecule has 52 heavy (non-hydrogen) atoms. The minimum Gasteiger partial charge on any atom is -0.447 e. The van der Waals surface area contributed by atoms with Crippen LogP contribution in [0, 0.1) is 10.8 Å². The molecule has 2 atom stereocenters. The molecule has 0 saturated heterocycles. The molecule has 2 heterocycles. The number of alkyl carbamates (subject to hydrolysis) is 1.